The van der Waals surface area contributed by atoms with E-state index < -0.39 is 0 Å². The number of hydrogen-bond acceptors (Lipinski definition) is 4. The van der Waals surface area contributed by atoms with Gasteiger partial charge >= 0.3 is 0 Å². The number of hydrogen-bond donors (Lipinski definition) is 1. The molecular formula is C22H25ClN2O3. The smallest absolute Gasteiger partial charge is 0.219 e. The van der Waals surface area contributed by atoms with E-state index in [0.29, 0.717) is 16.7 Å². The summed E-state index contributed by atoms with van der Waals surface area (Å²) in [5.41, 5.74) is 2.17. The van der Waals surface area contributed by atoms with E-state index in [1.165, 1.54) is 12.5 Å². The molecule has 0 unspecified atom stereocenters. The van der Waals surface area contributed by atoms with Crippen molar-refractivity contribution in [2.45, 2.75) is 38.6 Å². The number of pyridine rings is 1. The highest BCUT2D eigenvalue weighted by Gasteiger charge is 2.38. The highest BCUT2D eigenvalue weighted by atomic mass is 35.5. The number of ether oxygens (including phenoxy) is 2. The van der Waals surface area contributed by atoms with Crippen LogP contribution in [0.5, 0.6) is 11.6 Å². The van der Waals surface area contributed by atoms with Crippen LogP contribution in [-0.2, 0) is 14.9 Å². The predicted molar refractivity (Wildman–Crippen MR) is 111 cm³/mol. The molecule has 28 heavy (non-hydrogen) atoms. The number of aromatic nitrogens is 1. The van der Waals surface area contributed by atoms with E-state index in [1.807, 2.05) is 43.3 Å². The van der Waals surface area contributed by atoms with E-state index in [2.05, 4.69) is 17.2 Å². The van der Waals surface area contributed by atoms with Crippen LogP contribution in [0.2, 0.25) is 5.02 Å². The molecule has 0 aliphatic carbocycles. The highest BCUT2D eigenvalue weighted by molar-refractivity contribution is 6.32. The summed E-state index contributed by atoms with van der Waals surface area (Å²) in [5.74, 6) is 0.988. The van der Waals surface area contributed by atoms with E-state index in [1.54, 1.807) is 12.3 Å². The first-order valence-corrected chi connectivity index (χ1v) is 9.77. The quantitative estimate of drug-likeness (QED) is 0.729. The number of carbonyl (C=O) groups excluding carboxylic acids is 1. The van der Waals surface area contributed by atoms with Crippen LogP contribution in [0.4, 0.5) is 0 Å². The van der Waals surface area contributed by atoms with Gasteiger partial charge in [0.15, 0.2) is 0 Å². The van der Waals surface area contributed by atoms with Crippen molar-refractivity contribution in [1.82, 2.24) is 10.3 Å². The molecule has 1 aliphatic heterocycles. The van der Waals surface area contributed by atoms with Gasteiger partial charge in [0.1, 0.15) is 5.75 Å². The van der Waals surface area contributed by atoms with Crippen molar-refractivity contribution in [3.05, 3.63) is 58.8 Å². The summed E-state index contributed by atoms with van der Waals surface area (Å²) in [4.78, 5) is 15.4. The minimum absolute atomic E-state index is 0.0433. The van der Waals surface area contributed by atoms with Crippen molar-refractivity contribution in [2.24, 2.45) is 0 Å². The Kier molecular flexibility index (Phi) is 6.37. The molecule has 1 N–H and O–H groups in total. The third kappa shape index (κ3) is 4.72. The molecule has 2 heterocycles. The van der Waals surface area contributed by atoms with Crippen LogP contribution >= 0.6 is 11.6 Å². The number of amides is 1. The van der Waals surface area contributed by atoms with Gasteiger partial charge in [-0.2, -0.15) is 0 Å². The molecule has 1 fully saturated rings. The van der Waals surface area contributed by atoms with Gasteiger partial charge in [-0.05, 0) is 42.7 Å². The van der Waals surface area contributed by atoms with E-state index in [0.717, 1.165) is 25.2 Å². The molecule has 5 nitrogen and oxygen atoms in total. The zero-order valence-electron chi connectivity index (χ0n) is 16.4. The Morgan fingerprint density at radius 3 is 2.71 bits per heavy atom. The lowest BCUT2D eigenvalue weighted by molar-refractivity contribution is -0.119. The van der Waals surface area contributed by atoms with Crippen molar-refractivity contribution in [2.75, 3.05) is 13.2 Å². The van der Waals surface area contributed by atoms with Gasteiger partial charge in [-0.1, -0.05) is 36.7 Å². The normalized spacial score (nSPS) is 16.4. The zero-order chi connectivity index (χ0) is 20.1. The molecule has 0 radical (unpaired) electrons. The van der Waals surface area contributed by atoms with Gasteiger partial charge in [-0.15, -0.1) is 0 Å². The number of benzene rings is 1. The summed E-state index contributed by atoms with van der Waals surface area (Å²) in [6, 6.07) is 9.55. The van der Waals surface area contributed by atoms with E-state index >= 15 is 0 Å². The Balaban J connectivity index is 1.65. The van der Waals surface area contributed by atoms with Crippen LogP contribution in [0.15, 0.2) is 42.6 Å². The maximum Gasteiger partial charge on any atom is 0.219 e. The van der Waals surface area contributed by atoms with E-state index in [9.17, 15) is 4.79 Å². The van der Waals surface area contributed by atoms with Crippen molar-refractivity contribution in [1.29, 1.82) is 0 Å². The Morgan fingerprint density at radius 1 is 1.39 bits per heavy atom. The molecule has 1 aromatic heterocycles. The lowest BCUT2D eigenvalue weighted by Gasteiger charge is -2.41. The van der Waals surface area contributed by atoms with E-state index in [-0.39, 0.29) is 17.4 Å². The van der Waals surface area contributed by atoms with Crippen LogP contribution in [0.25, 0.3) is 6.08 Å². The van der Waals surface area contributed by atoms with Gasteiger partial charge in [-0.25, -0.2) is 4.98 Å². The fourth-order valence-electron chi connectivity index (χ4n) is 3.12. The first kappa shape index (κ1) is 20.4. The summed E-state index contributed by atoms with van der Waals surface area (Å²) in [6.45, 7) is 7.04. The molecule has 1 aliphatic rings. The minimum atomic E-state index is -0.0587. The standard InChI is InChI=1S/C22H25ClN2O3/c1-4-22(13-27-14-22)18-8-9-20(19(23)11-18)28-21-10-7-17(12-24-21)6-5-15(2)25-16(3)26/h5-12,15H,4,13-14H2,1-3H3,(H,25,26)/b6-5+/t15-/m0/s1. The molecule has 0 spiro atoms. The third-order valence-electron chi connectivity index (χ3n) is 4.96. The largest absolute Gasteiger partial charge is 0.437 e. The van der Waals surface area contributed by atoms with Gasteiger partial charge < -0.3 is 14.8 Å². The Bertz CT molecular complexity index is 855. The highest BCUT2D eigenvalue weighted by Crippen LogP contribution is 2.39. The zero-order valence-corrected chi connectivity index (χ0v) is 17.1. The number of nitrogens with zero attached hydrogens (tertiary/aromatic N) is 1. The lowest BCUT2D eigenvalue weighted by Crippen LogP contribution is -2.46. The van der Waals surface area contributed by atoms with Crippen molar-refractivity contribution in [3.63, 3.8) is 0 Å². The average molecular weight is 401 g/mol. The third-order valence-corrected chi connectivity index (χ3v) is 5.26. The van der Waals surface area contributed by atoms with E-state index in [4.69, 9.17) is 21.1 Å². The van der Waals surface area contributed by atoms with Crippen molar-refractivity contribution < 1.29 is 14.3 Å². The Labute approximate surface area is 170 Å². The molecule has 0 saturated carbocycles. The van der Waals surface area contributed by atoms with Crippen LogP contribution < -0.4 is 10.1 Å². The first-order valence-electron chi connectivity index (χ1n) is 9.39. The monoisotopic (exact) mass is 400 g/mol. The fourth-order valence-corrected chi connectivity index (χ4v) is 3.34. The Morgan fingerprint density at radius 2 is 2.18 bits per heavy atom. The van der Waals surface area contributed by atoms with Crippen molar-refractivity contribution in [3.8, 4) is 11.6 Å². The average Bonchev–Trinajstić information content (AvgIpc) is 2.62. The fraction of sp³-hybridized carbons (Fsp3) is 0.364. The van der Waals surface area contributed by atoms with Crippen LogP contribution in [0.1, 0.15) is 38.3 Å². The Hall–Kier alpha value is -2.37. The summed E-state index contributed by atoms with van der Waals surface area (Å²) in [7, 11) is 0. The topological polar surface area (TPSA) is 60.5 Å². The second-order valence-corrected chi connectivity index (χ2v) is 7.56. The van der Waals surface area contributed by atoms with Gasteiger partial charge in [0.2, 0.25) is 11.8 Å². The summed E-state index contributed by atoms with van der Waals surface area (Å²) < 4.78 is 11.2. The van der Waals surface area contributed by atoms with Gasteiger partial charge in [0, 0.05) is 30.6 Å². The molecule has 2 aromatic rings. The predicted octanol–water partition coefficient (Wildman–Crippen LogP) is 4.74. The molecule has 148 valence electrons. The number of nitrogens with one attached hydrogen (secondary N) is 1. The number of rotatable bonds is 7. The molecule has 1 aromatic carbocycles. The summed E-state index contributed by atoms with van der Waals surface area (Å²) in [6.07, 6.45) is 6.54. The lowest BCUT2D eigenvalue weighted by atomic mass is 9.76. The summed E-state index contributed by atoms with van der Waals surface area (Å²) in [5, 5.41) is 3.36. The van der Waals surface area contributed by atoms with Crippen molar-refractivity contribution >= 4 is 23.6 Å². The molecule has 3 rings (SSSR count). The maximum atomic E-state index is 11.0. The molecule has 0 bridgehead atoms. The molecule has 1 atom stereocenters. The molecular weight excluding hydrogens is 376 g/mol. The summed E-state index contributed by atoms with van der Waals surface area (Å²) >= 11 is 6.44. The molecule has 1 saturated heterocycles. The molecule has 6 heteroatoms. The minimum Gasteiger partial charge on any atom is -0.437 e. The first-order chi connectivity index (χ1) is 13.4. The number of carbonyl (C=O) groups is 1. The van der Waals surface area contributed by atoms with Gasteiger partial charge in [0.25, 0.3) is 0 Å². The SMILES string of the molecule is CCC1(c2ccc(Oc3ccc(/C=C/[C@H](C)NC(C)=O)cn3)c(Cl)c2)COC1. The van der Waals surface area contributed by atoms with Gasteiger partial charge in [0.05, 0.1) is 18.2 Å². The second-order valence-electron chi connectivity index (χ2n) is 7.15. The second kappa shape index (κ2) is 8.76. The van der Waals surface area contributed by atoms with Crippen LogP contribution in [0.3, 0.4) is 0 Å². The van der Waals surface area contributed by atoms with Crippen LogP contribution in [0, 0.1) is 0 Å². The van der Waals surface area contributed by atoms with Crippen LogP contribution in [-0.4, -0.2) is 30.1 Å². The maximum absolute atomic E-state index is 11.0. The number of halogens is 1. The molecule has 1 amide bonds. The van der Waals surface area contributed by atoms with Gasteiger partial charge in [-0.3, -0.25) is 4.79 Å².